The number of rotatable bonds is 2. The second kappa shape index (κ2) is 6.25. The van der Waals surface area contributed by atoms with E-state index in [1.54, 1.807) is 48.5 Å². The van der Waals surface area contributed by atoms with Crippen molar-refractivity contribution in [3.05, 3.63) is 74.9 Å². The van der Waals surface area contributed by atoms with Gasteiger partial charge in [0.2, 0.25) is 5.90 Å². The largest absolute Gasteiger partial charge is 0.402 e. The fourth-order valence-corrected chi connectivity index (χ4v) is 2.53. The van der Waals surface area contributed by atoms with E-state index in [0.717, 1.165) is 0 Å². The Bertz CT molecular complexity index is 911. The number of benzene rings is 2. The summed E-state index contributed by atoms with van der Waals surface area (Å²) < 4.78 is 5.16. The molecule has 0 radical (unpaired) electrons. The van der Waals surface area contributed by atoms with Crippen molar-refractivity contribution in [2.45, 2.75) is 0 Å². The molecule has 0 atom stereocenters. The highest BCUT2D eigenvalue weighted by molar-refractivity contribution is 6.37. The molecule has 1 aliphatic rings. The molecule has 112 valence electrons. The molecule has 3 rings (SSSR count). The normalized spacial score (nSPS) is 15.3. The van der Waals surface area contributed by atoms with Crippen LogP contribution in [0.5, 0.6) is 0 Å². The number of carbonyl (C=O) groups excluding carboxylic acids is 1. The molecule has 0 aromatic heterocycles. The maximum atomic E-state index is 12.0. The molecule has 23 heavy (non-hydrogen) atoms. The molecule has 0 saturated carbocycles. The highest BCUT2D eigenvalue weighted by atomic mass is 35.5. The number of nitriles is 1. The maximum absolute atomic E-state index is 12.0. The number of aliphatic imine (C=N–C) groups is 1. The van der Waals surface area contributed by atoms with E-state index < -0.39 is 5.97 Å². The maximum Gasteiger partial charge on any atom is 0.363 e. The number of cyclic esters (lactones) is 1. The lowest BCUT2D eigenvalue weighted by Crippen LogP contribution is -2.05. The minimum atomic E-state index is -0.576. The zero-order chi connectivity index (χ0) is 16.4. The molecule has 0 spiro atoms. The molecule has 1 aliphatic heterocycles. The van der Waals surface area contributed by atoms with Crippen LogP contribution in [0.1, 0.15) is 16.7 Å². The van der Waals surface area contributed by atoms with Gasteiger partial charge in [-0.2, -0.15) is 5.26 Å². The first-order chi connectivity index (χ1) is 11.1. The molecular formula is C17H8Cl2N2O2. The number of halogens is 2. The van der Waals surface area contributed by atoms with Crippen LogP contribution in [0, 0.1) is 11.3 Å². The van der Waals surface area contributed by atoms with Gasteiger partial charge in [-0.1, -0.05) is 35.3 Å². The molecule has 0 bridgehead atoms. The third-order valence-electron chi connectivity index (χ3n) is 3.10. The van der Waals surface area contributed by atoms with Crippen LogP contribution in [0.3, 0.4) is 0 Å². The highest BCUT2D eigenvalue weighted by Crippen LogP contribution is 2.26. The van der Waals surface area contributed by atoms with Crippen LogP contribution in [-0.2, 0) is 9.53 Å². The van der Waals surface area contributed by atoms with E-state index in [1.165, 1.54) is 0 Å². The van der Waals surface area contributed by atoms with E-state index in [4.69, 9.17) is 33.2 Å². The molecule has 0 saturated heterocycles. The smallest absolute Gasteiger partial charge is 0.363 e. The van der Waals surface area contributed by atoms with Crippen molar-refractivity contribution in [1.29, 1.82) is 5.26 Å². The molecule has 0 amide bonds. The Morgan fingerprint density at radius 2 is 2.00 bits per heavy atom. The van der Waals surface area contributed by atoms with Gasteiger partial charge in [0.15, 0.2) is 5.70 Å². The summed E-state index contributed by atoms with van der Waals surface area (Å²) in [5.41, 5.74) is 1.80. The van der Waals surface area contributed by atoms with Gasteiger partial charge < -0.3 is 4.74 Å². The second-order valence-electron chi connectivity index (χ2n) is 4.70. The van der Waals surface area contributed by atoms with Gasteiger partial charge in [-0.3, -0.25) is 0 Å². The summed E-state index contributed by atoms with van der Waals surface area (Å²) >= 11 is 11.9. The quantitative estimate of drug-likeness (QED) is 0.606. The van der Waals surface area contributed by atoms with Crippen LogP contribution in [0.2, 0.25) is 10.0 Å². The SMILES string of the molecule is N#Cc1cccc(/C=C2/N=C(c3ccc(Cl)cc3Cl)OC2=O)c1. The van der Waals surface area contributed by atoms with Crippen molar-refractivity contribution in [3.63, 3.8) is 0 Å². The molecule has 0 fully saturated rings. The van der Waals surface area contributed by atoms with E-state index in [0.29, 0.717) is 26.7 Å². The lowest BCUT2D eigenvalue weighted by Gasteiger charge is -2.02. The third kappa shape index (κ3) is 3.26. The fraction of sp³-hybridized carbons (Fsp3) is 0. The summed E-state index contributed by atoms with van der Waals surface area (Å²) in [6.45, 7) is 0. The van der Waals surface area contributed by atoms with Gasteiger partial charge in [-0.05, 0) is 42.0 Å². The van der Waals surface area contributed by atoms with Crippen molar-refractivity contribution in [3.8, 4) is 6.07 Å². The first kappa shape index (κ1) is 15.3. The Morgan fingerprint density at radius 3 is 2.74 bits per heavy atom. The Hall–Kier alpha value is -2.61. The molecule has 2 aromatic rings. The van der Waals surface area contributed by atoms with Crippen LogP contribution >= 0.6 is 23.2 Å². The van der Waals surface area contributed by atoms with E-state index in [1.807, 2.05) is 6.07 Å². The van der Waals surface area contributed by atoms with Crippen LogP contribution < -0.4 is 0 Å². The fourth-order valence-electron chi connectivity index (χ4n) is 2.04. The standard InChI is InChI=1S/C17H8Cl2N2O2/c18-12-4-5-13(14(19)8-12)16-21-15(17(22)23-16)7-10-2-1-3-11(6-10)9-20/h1-8H/b15-7+. The predicted octanol–water partition coefficient (Wildman–Crippen LogP) is 4.21. The summed E-state index contributed by atoms with van der Waals surface area (Å²) in [6.07, 6.45) is 1.56. The molecule has 4 nitrogen and oxygen atoms in total. The van der Waals surface area contributed by atoms with Crippen molar-refractivity contribution in [2.75, 3.05) is 0 Å². The Kier molecular flexibility index (Phi) is 4.16. The van der Waals surface area contributed by atoms with E-state index in [9.17, 15) is 4.79 Å². The monoisotopic (exact) mass is 342 g/mol. The number of hydrogen-bond donors (Lipinski definition) is 0. The van der Waals surface area contributed by atoms with Gasteiger partial charge in [0.25, 0.3) is 0 Å². The summed E-state index contributed by atoms with van der Waals surface area (Å²) in [7, 11) is 0. The van der Waals surface area contributed by atoms with Crippen molar-refractivity contribution in [1.82, 2.24) is 0 Å². The molecule has 6 heteroatoms. The molecule has 2 aromatic carbocycles. The first-order valence-corrected chi connectivity index (χ1v) is 7.30. The minimum absolute atomic E-state index is 0.124. The van der Waals surface area contributed by atoms with Gasteiger partial charge in [-0.25, -0.2) is 9.79 Å². The summed E-state index contributed by atoms with van der Waals surface area (Å²) in [4.78, 5) is 16.1. The zero-order valence-corrected chi connectivity index (χ0v) is 13.1. The average Bonchev–Trinajstić information content (AvgIpc) is 2.88. The first-order valence-electron chi connectivity index (χ1n) is 6.55. The lowest BCUT2D eigenvalue weighted by atomic mass is 10.1. The van der Waals surface area contributed by atoms with Gasteiger partial charge in [0.1, 0.15) is 0 Å². The summed E-state index contributed by atoms with van der Waals surface area (Å²) in [5, 5.41) is 9.73. The van der Waals surface area contributed by atoms with Gasteiger partial charge >= 0.3 is 5.97 Å². The van der Waals surface area contributed by atoms with Gasteiger partial charge in [-0.15, -0.1) is 0 Å². The van der Waals surface area contributed by atoms with Gasteiger partial charge in [0, 0.05) is 5.02 Å². The van der Waals surface area contributed by atoms with Crippen LogP contribution in [0.4, 0.5) is 0 Å². The topological polar surface area (TPSA) is 62.4 Å². The summed E-state index contributed by atoms with van der Waals surface area (Å²) in [5.74, 6) is -0.451. The number of carbonyl (C=O) groups is 1. The van der Waals surface area contributed by atoms with Crippen LogP contribution in [0.15, 0.2) is 53.2 Å². The van der Waals surface area contributed by atoms with E-state index in [2.05, 4.69) is 4.99 Å². The van der Waals surface area contributed by atoms with E-state index >= 15 is 0 Å². The zero-order valence-electron chi connectivity index (χ0n) is 11.6. The van der Waals surface area contributed by atoms with Crippen molar-refractivity contribution < 1.29 is 9.53 Å². The number of hydrogen-bond acceptors (Lipinski definition) is 4. The highest BCUT2D eigenvalue weighted by Gasteiger charge is 2.25. The minimum Gasteiger partial charge on any atom is -0.402 e. The number of ether oxygens (including phenoxy) is 1. The number of nitrogens with zero attached hydrogens (tertiary/aromatic N) is 2. The van der Waals surface area contributed by atoms with Crippen LogP contribution in [-0.4, -0.2) is 11.9 Å². The van der Waals surface area contributed by atoms with Crippen molar-refractivity contribution >= 4 is 41.1 Å². The molecule has 0 unspecified atom stereocenters. The Labute approximate surface area is 142 Å². The predicted molar refractivity (Wildman–Crippen MR) is 88.2 cm³/mol. The molecular weight excluding hydrogens is 335 g/mol. The van der Waals surface area contributed by atoms with Crippen molar-refractivity contribution in [2.24, 2.45) is 4.99 Å². The summed E-state index contributed by atoms with van der Waals surface area (Å²) in [6, 6.07) is 13.7. The molecule has 0 N–H and O–H groups in total. The Balaban J connectivity index is 1.98. The second-order valence-corrected chi connectivity index (χ2v) is 5.54. The molecule has 1 heterocycles. The third-order valence-corrected chi connectivity index (χ3v) is 3.65. The van der Waals surface area contributed by atoms with E-state index in [-0.39, 0.29) is 11.6 Å². The molecule has 0 aliphatic carbocycles. The lowest BCUT2D eigenvalue weighted by molar-refractivity contribution is -0.129. The number of esters is 1. The Morgan fingerprint density at radius 1 is 1.17 bits per heavy atom. The van der Waals surface area contributed by atoms with Gasteiger partial charge in [0.05, 0.1) is 22.2 Å². The van der Waals surface area contributed by atoms with Crippen LogP contribution in [0.25, 0.3) is 6.08 Å². The average molecular weight is 343 g/mol.